The fraction of sp³-hybridized carbons (Fsp3) is 0.458. The molecule has 0 bridgehead atoms. The van der Waals surface area contributed by atoms with Crippen molar-refractivity contribution in [2.24, 2.45) is 11.3 Å². The third-order valence-electron chi connectivity index (χ3n) is 4.81. The van der Waals surface area contributed by atoms with E-state index in [1.54, 1.807) is 0 Å². The van der Waals surface area contributed by atoms with E-state index in [2.05, 4.69) is 27.7 Å². The SMILES string of the molecule is Cc1cc(C)c(C(=O)[P](=O)c2ccccc2CC(C)CC(C)(C)C)c(C)c1. The van der Waals surface area contributed by atoms with Gasteiger partial charge in [-0.2, -0.15) is 0 Å². The first-order valence-electron chi connectivity index (χ1n) is 9.67. The van der Waals surface area contributed by atoms with E-state index in [9.17, 15) is 9.36 Å². The molecule has 0 aliphatic carbocycles. The van der Waals surface area contributed by atoms with Gasteiger partial charge in [-0.1, -0.05) is 63.6 Å². The van der Waals surface area contributed by atoms with Crippen molar-refractivity contribution in [3.8, 4) is 0 Å². The second kappa shape index (κ2) is 8.48. The van der Waals surface area contributed by atoms with Crippen molar-refractivity contribution in [2.45, 2.75) is 61.3 Å². The summed E-state index contributed by atoms with van der Waals surface area (Å²) in [5, 5.41) is 0.692. The van der Waals surface area contributed by atoms with Crippen LogP contribution >= 0.6 is 7.80 Å². The van der Waals surface area contributed by atoms with Gasteiger partial charge in [0.05, 0.1) is 0 Å². The smallest absolute Gasteiger partial charge is 0.247 e. The summed E-state index contributed by atoms with van der Waals surface area (Å²) in [7, 11) is -2.13. The Morgan fingerprint density at radius 1 is 1.04 bits per heavy atom. The van der Waals surface area contributed by atoms with Crippen LogP contribution in [0.4, 0.5) is 0 Å². The van der Waals surface area contributed by atoms with Gasteiger partial charge in [0, 0.05) is 10.9 Å². The van der Waals surface area contributed by atoms with E-state index in [0.29, 0.717) is 16.8 Å². The Hall–Kier alpha value is -1.79. The summed E-state index contributed by atoms with van der Waals surface area (Å²) >= 11 is 0. The van der Waals surface area contributed by atoms with E-state index in [4.69, 9.17) is 0 Å². The fourth-order valence-electron chi connectivity index (χ4n) is 4.10. The van der Waals surface area contributed by atoms with Gasteiger partial charge < -0.3 is 0 Å². The summed E-state index contributed by atoms with van der Waals surface area (Å²) < 4.78 is 13.2. The van der Waals surface area contributed by atoms with Gasteiger partial charge in [0.2, 0.25) is 5.52 Å². The zero-order valence-electron chi connectivity index (χ0n) is 17.7. The van der Waals surface area contributed by atoms with E-state index in [-0.39, 0.29) is 10.9 Å². The van der Waals surface area contributed by atoms with Gasteiger partial charge in [-0.15, -0.1) is 0 Å². The minimum absolute atomic E-state index is 0.252. The van der Waals surface area contributed by atoms with Crippen molar-refractivity contribution >= 4 is 18.6 Å². The zero-order valence-corrected chi connectivity index (χ0v) is 18.6. The van der Waals surface area contributed by atoms with Crippen LogP contribution in [-0.4, -0.2) is 5.52 Å². The van der Waals surface area contributed by atoms with E-state index in [0.717, 1.165) is 35.1 Å². The fourth-order valence-corrected chi connectivity index (χ4v) is 5.53. The maximum absolute atomic E-state index is 13.2. The van der Waals surface area contributed by atoms with Crippen molar-refractivity contribution in [3.63, 3.8) is 0 Å². The predicted octanol–water partition coefficient (Wildman–Crippen LogP) is 6.52. The Bertz CT molecular complexity index is 836. The number of hydrogen-bond acceptors (Lipinski definition) is 2. The first-order chi connectivity index (χ1) is 12.5. The molecule has 145 valence electrons. The average Bonchev–Trinajstić information content (AvgIpc) is 2.51. The van der Waals surface area contributed by atoms with Crippen LogP contribution in [0.15, 0.2) is 36.4 Å². The Morgan fingerprint density at radius 3 is 2.15 bits per heavy atom. The number of carbonyl (C=O) groups is 1. The lowest BCUT2D eigenvalue weighted by molar-refractivity contribution is 0.107. The number of rotatable bonds is 6. The van der Waals surface area contributed by atoms with E-state index in [1.807, 2.05) is 57.2 Å². The van der Waals surface area contributed by atoms with Gasteiger partial charge in [-0.25, -0.2) is 0 Å². The molecule has 1 radical (unpaired) electrons. The lowest BCUT2D eigenvalue weighted by Crippen LogP contribution is -2.17. The third-order valence-corrected chi connectivity index (χ3v) is 6.28. The number of benzene rings is 2. The molecule has 0 saturated heterocycles. The van der Waals surface area contributed by atoms with Crippen molar-refractivity contribution in [1.82, 2.24) is 0 Å². The summed E-state index contributed by atoms with van der Waals surface area (Å²) in [4.78, 5) is 13.1. The average molecular weight is 383 g/mol. The van der Waals surface area contributed by atoms with Crippen molar-refractivity contribution in [1.29, 1.82) is 0 Å². The lowest BCUT2D eigenvalue weighted by Gasteiger charge is -2.23. The van der Waals surface area contributed by atoms with Crippen molar-refractivity contribution in [2.75, 3.05) is 0 Å². The molecule has 27 heavy (non-hydrogen) atoms. The Labute approximate surface area is 165 Å². The molecule has 2 nitrogen and oxygen atoms in total. The van der Waals surface area contributed by atoms with Gasteiger partial charge in [-0.3, -0.25) is 9.36 Å². The van der Waals surface area contributed by atoms with Crippen LogP contribution in [0.3, 0.4) is 0 Å². The van der Waals surface area contributed by atoms with Crippen LogP contribution in [0.1, 0.15) is 66.7 Å². The van der Waals surface area contributed by atoms with E-state index >= 15 is 0 Å². The standard InChI is InChI=1S/C24H32O2P/c1-16-12-18(3)22(19(4)13-16)23(25)27(26)21-11-9-8-10-20(21)14-17(2)15-24(5,6)7/h8-13,17H,14-15H2,1-7H3. The molecular formula is C24H32O2P. The molecule has 0 aromatic heterocycles. The summed E-state index contributed by atoms with van der Waals surface area (Å²) in [6.07, 6.45) is 1.93. The number of carbonyl (C=O) groups excluding carboxylic acids is 1. The van der Waals surface area contributed by atoms with Crippen LogP contribution < -0.4 is 5.30 Å². The summed E-state index contributed by atoms with van der Waals surface area (Å²) in [5.41, 5.74) is 4.57. The minimum Gasteiger partial charge on any atom is -0.281 e. The molecule has 2 aromatic carbocycles. The maximum atomic E-state index is 13.2. The van der Waals surface area contributed by atoms with Gasteiger partial charge in [0.1, 0.15) is 0 Å². The molecule has 0 fully saturated rings. The highest BCUT2D eigenvalue weighted by Gasteiger charge is 2.24. The highest BCUT2D eigenvalue weighted by molar-refractivity contribution is 7.71. The van der Waals surface area contributed by atoms with E-state index < -0.39 is 7.80 Å². The van der Waals surface area contributed by atoms with Crippen LogP contribution in [0.2, 0.25) is 0 Å². The van der Waals surface area contributed by atoms with Crippen LogP contribution in [0, 0.1) is 32.1 Å². The Kier molecular flexibility index (Phi) is 6.76. The van der Waals surface area contributed by atoms with Gasteiger partial charge in [0.25, 0.3) is 0 Å². The molecule has 2 atom stereocenters. The molecule has 0 saturated carbocycles. The number of aryl methyl sites for hydroxylation is 3. The lowest BCUT2D eigenvalue weighted by atomic mass is 9.83. The summed E-state index contributed by atoms with van der Waals surface area (Å²) in [6.45, 7) is 14.8. The normalized spacial score (nSPS) is 13.4. The molecule has 0 aliphatic rings. The molecule has 3 heteroatoms. The third kappa shape index (κ3) is 5.59. The Morgan fingerprint density at radius 2 is 1.59 bits per heavy atom. The highest BCUT2D eigenvalue weighted by atomic mass is 31.1. The van der Waals surface area contributed by atoms with E-state index in [1.165, 1.54) is 0 Å². The highest BCUT2D eigenvalue weighted by Crippen LogP contribution is 2.33. The largest absolute Gasteiger partial charge is 0.281 e. The summed E-state index contributed by atoms with van der Waals surface area (Å²) in [6, 6.07) is 11.7. The van der Waals surface area contributed by atoms with Crippen LogP contribution in [0.25, 0.3) is 0 Å². The molecule has 0 amide bonds. The van der Waals surface area contributed by atoms with Gasteiger partial charge >= 0.3 is 0 Å². The molecule has 0 heterocycles. The molecule has 0 N–H and O–H groups in total. The molecule has 0 spiro atoms. The second-order valence-electron chi connectivity index (χ2n) is 9.08. The quantitative estimate of drug-likeness (QED) is 0.532. The molecular weight excluding hydrogens is 351 g/mol. The summed E-state index contributed by atoms with van der Waals surface area (Å²) in [5.74, 6) is 0.465. The first-order valence-corrected chi connectivity index (χ1v) is 10.9. The van der Waals surface area contributed by atoms with Crippen molar-refractivity contribution < 1.29 is 9.36 Å². The predicted molar refractivity (Wildman–Crippen MR) is 116 cm³/mol. The minimum atomic E-state index is -2.13. The topological polar surface area (TPSA) is 34.1 Å². The molecule has 0 aliphatic heterocycles. The number of hydrogen-bond donors (Lipinski definition) is 0. The molecule has 2 unspecified atom stereocenters. The van der Waals surface area contributed by atoms with Gasteiger partial charge in [-0.05, 0) is 67.7 Å². The van der Waals surface area contributed by atoms with Crippen molar-refractivity contribution in [3.05, 3.63) is 64.2 Å². The van der Waals surface area contributed by atoms with Crippen LogP contribution in [-0.2, 0) is 11.0 Å². The Balaban J connectivity index is 2.34. The maximum Gasteiger partial charge on any atom is 0.247 e. The molecule has 2 rings (SSSR count). The molecule has 2 aromatic rings. The zero-order chi connectivity index (χ0) is 20.4. The first kappa shape index (κ1) is 21.5. The van der Waals surface area contributed by atoms with Gasteiger partial charge in [0.15, 0.2) is 7.80 Å². The second-order valence-corrected chi connectivity index (χ2v) is 10.6. The monoisotopic (exact) mass is 383 g/mol. The van der Waals surface area contributed by atoms with Crippen LogP contribution in [0.5, 0.6) is 0 Å².